The Hall–Kier alpha value is -1.49. The third-order valence-electron chi connectivity index (χ3n) is 2.59. The van der Waals surface area contributed by atoms with Crippen LogP contribution in [0, 0.1) is 0 Å². The number of amides is 1. The minimum Gasteiger partial charge on any atom is -0.324 e. The van der Waals surface area contributed by atoms with Crippen LogP contribution in [0.3, 0.4) is 0 Å². The van der Waals surface area contributed by atoms with Gasteiger partial charge in [-0.05, 0) is 18.6 Å². The average molecular weight is 335 g/mol. The molecule has 0 bridgehead atoms. The SMILES string of the molecule is CS(=O)(=O)CCC(N)C(=O)Nc1ccccc1S(N)(=O)=O. The van der Waals surface area contributed by atoms with E-state index in [1.165, 1.54) is 24.3 Å². The molecule has 0 heterocycles. The van der Waals surface area contributed by atoms with Crippen molar-refractivity contribution in [2.75, 3.05) is 17.3 Å². The number of rotatable bonds is 6. The van der Waals surface area contributed by atoms with Crippen LogP contribution in [0.2, 0.25) is 0 Å². The minimum atomic E-state index is -3.99. The van der Waals surface area contributed by atoms with E-state index in [0.717, 1.165) is 6.26 Å². The highest BCUT2D eigenvalue weighted by Crippen LogP contribution is 2.19. The fourth-order valence-electron chi connectivity index (χ4n) is 1.52. The summed E-state index contributed by atoms with van der Waals surface area (Å²) in [6.07, 6.45) is 0.968. The Labute approximate surface area is 123 Å². The molecule has 0 fully saturated rings. The van der Waals surface area contributed by atoms with Gasteiger partial charge in [-0.1, -0.05) is 12.1 Å². The second-order valence-electron chi connectivity index (χ2n) is 4.56. The highest BCUT2D eigenvalue weighted by Gasteiger charge is 2.19. The molecule has 0 saturated heterocycles. The largest absolute Gasteiger partial charge is 0.324 e. The lowest BCUT2D eigenvalue weighted by Gasteiger charge is -2.13. The van der Waals surface area contributed by atoms with Crippen LogP contribution in [0.1, 0.15) is 6.42 Å². The minimum absolute atomic E-state index is 0.000180. The molecule has 1 rings (SSSR count). The predicted octanol–water partition coefficient (Wildman–Crippen LogP) is -0.965. The Kier molecular flexibility index (Phi) is 5.45. The molecule has 1 unspecified atom stereocenters. The number of carbonyl (C=O) groups is 1. The van der Waals surface area contributed by atoms with Crippen LogP contribution >= 0.6 is 0 Å². The van der Waals surface area contributed by atoms with Crippen LogP contribution < -0.4 is 16.2 Å². The molecule has 0 aliphatic carbocycles. The molecular weight excluding hydrogens is 318 g/mol. The topological polar surface area (TPSA) is 149 Å². The van der Waals surface area contributed by atoms with Crippen LogP contribution in [0.5, 0.6) is 0 Å². The summed E-state index contributed by atoms with van der Waals surface area (Å²) in [5, 5.41) is 7.37. The highest BCUT2D eigenvalue weighted by molar-refractivity contribution is 7.90. The van der Waals surface area contributed by atoms with E-state index >= 15 is 0 Å². The van der Waals surface area contributed by atoms with E-state index in [0.29, 0.717) is 0 Å². The van der Waals surface area contributed by atoms with Gasteiger partial charge in [-0.3, -0.25) is 4.79 Å². The van der Waals surface area contributed by atoms with Crippen molar-refractivity contribution in [3.05, 3.63) is 24.3 Å². The van der Waals surface area contributed by atoms with E-state index in [4.69, 9.17) is 10.9 Å². The summed E-state index contributed by atoms with van der Waals surface area (Å²) in [5.74, 6) is -0.923. The normalized spacial score (nSPS) is 13.7. The molecular formula is C11H17N3O5S2. The second-order valence-corrected chi connectivity index (χ2v) is 8.35. The number of para-hydroxylation sites is 1. The first-order valence-corrected chi connectivity index (χ1v) is 9.47. The first-order valence-electron chi connectivity index (χ1n) is 5.87. The third kappa shape index (κ3) is 5.79. The zero-order valence-corrected chi connectivity index (χ0v) is 12.9. The lowest BCUT2D eigenvalue weighted by molar-refractivity contribution is -0.117. The fourth-order valence-corrected chi connectivity index (χ4v) is 2.89. The molecule has 118 valence electrons. The van der Waals surface area contributed by atoms with Gasteiger partial charge in [-0.2, -0.15) is 0 Å². The van der Waals surface area contributed by atoms with Crippen molar-refractivity contribution in [2.45, 2.75) is 17.4 Å². The van der Waals surface area contributed by atoms with Gasteiger partial charge in [-0.15, -0.1) is 0 Å². The molecule has 10 heteroatoms. The Bertz CT molecular complexity index is 728. The van der Waals surface area contributed by atoms with Gasteiger partial charge in [0.1, 0.15) is 14.7 Å². The van der Waals surface area contributed by atoms with Gasteiger partial charge >= 0.3 is 0 Å². The summed E-state index contributed by atoms with van der Waals surface area (Å²) < 4.78 is 44.8. The molecule has 0 saturated carbocycles. The van der Waals surface area contributed by atoms with E-state index in [1.54, 1.807) is 0 Å². The molecule has 1 amide bonds. The van der Waals surface area contributed by atoms with E-state index in [9.17, 15) is 21.6 Å². The molecule has 1 atom stereocenters. The van der Waals surface area contributed by atoms with Crippen molar-refractivity contribution in [3.8, 4) is 0 Å². The van der Waals surface area contributed by atoms with Gasteiger partial charge in [0.15, 0.2) is 0 Å². The Morgan fingerprint density at radius 2 is 1.81 bits per heavy atom. The molecule has 8 nitrogen and oxygen atoms in total. The van der Waals surface area contributed by atoms with Crippen LogP contribution in [0.15, 0.2) is 29.2 Å². The Morgan fingerprint density at radius 3 is 2.33 bits per heavy atom. The molecule has 21 heavy (non-hydrogen) atoms. The van der Waals surface area contributed by atoms with Gasteiger partial charge in [0.2, 0.25) is 15.9 Å². The molecule has 0 aliphatic rings. The lowest BCUT2D eigenvalue weighted by atomic mass is 10.2. The van der Waals surface area contributed by atoms with Crippen molar-refractivity contribution in [1.29, 1.82) is 0 Å². The number of hydrogen-bond acceptors (Lipinski definition) is 6. The predicted molar refractivity (Wildman–Crippen MR) is 78.7 cm³/mol. The zero-order chi connectivity index (χ0) is 16.3. The van der Waals surface area contributed by atoms with Crippen molar-refractivity contribution < 1.29 is 21.6 Å². The third-order valence-corrected chi connectivity index (χ3v) is 4.53. The molecule has 1 aromatic rings. The summed E-state index contributed by atoms with van der Waals surface area (Å²) in [7, 11) is -7.22. The standard InChI is InChI=1S/C11H17N3O5S2/c1-20(16,17)7-6-8(12)11(15)14-9-4-2-3-5-10(9)21(13,18)19/h2-5,8H,6-7,12H2,1H3,(H,14,15)(H2,13,18,19). The first kappa shape index (κ1) is 17.6. The van der Waals surface area contributed by atoms with Crippen molar-refractivity contribution >= 4 is 31.5 Å². The monoisotopic (exact) mass is 335 g/mol. The van der Waals surface area contributed by atoms with Gasteiger partial charge in [0.25, 0.3) is 0 Å². The Balaban J connectivity index is 2.85. The summed E-state index contributed by atoms with van der Waals surface area (Å²) in [6.45, 7) is 0. The highest BCUT2D eigenvalue weighted by atomic mass is 32.2. The molecule has 0 spiro atoms. The molecule has 0 aliphatic heterocycles. The van der Waals surface area contributed by atoms with E-state index < -0.39 is 31.8 Å². The van der Waals surface area contributed by atoms with Gasteiger partial charge in [-0.25, -0.2) is 22.0 Å². The smallest absolute Gasteiger partial charge is 0.241 e. The lowest BCUT2D eigenvalue weighted by Crippen LogP contribution is -2.37. The van der Waals surface area contributed by atoms with Gasteiger partial charge < -0.3 is 11.1 Å². The quantitative estimate of drug-likeness (QED) is 0.609. The Morgan fingerprint density at radius 1 is 1.24 bits per heavy atom. The zero-order valence-electron chi connectivity index (χ0n) is 11.3. The summed E-state index contributed by atoms with van der Waals surface area (Å²) >= 11 is 0. The molecule has 0 radical (unpaired) electrons. The number of carbonyl (C=O) groups excluding carboxylic acids is 1. The van der Waals surface area contributed by atoms with Gasteiger partial charge in [0.05, 0.1) is 17.5 Å². The van der Waals surface area contributed by atoms with E-state index in [2.05, 4.69) is 5.32 Å². The number of sulfone groups is 1. The number of nitrogens with two attached hydrogens (primary N) is 2. The van der Waals surface area contributed by atoms with Crippen LogP contribution in [-0.4, -0.2) is 40.8 Å². The summed E-state index contributed by atoms with van der Waals surface area (Å²) in [4.78, 5) is 11.6. The van der Waals surface area contributed by atoms with Crippen LogP contribution in [0.25, 0.3) is 0 Å². The maximum Gasteiger partial charge on any atom is 0.241 e. The summed E-state index contributed by atoms with van der Waals surface area (Å²) in [5.41, 5.74) is 5.57. The number of sulfonamides is 1. The van der Waals surface area contributed by atoms with Crippen molar-refractivity contribution in [2.24, 2.45) is 10.9 Å². The van der Waals surface area contributed by atoms with E-state index in [1.807, 2.05) is 0 Å². The average Bonchev–Trinajstić information content (AvgIpc) is 2.34. The number of nitrogens with one attached hydrogen (secondary N) is 1. The molecule has 0 aromatic heterocycles. The van der Waals surface area contributed by atoms with E-state index in [-0.39, 0.29) is 22.8 Å². The fraction of sp³-hybridized carbons (Fsp3) is 0.364. The van der Waals surface area contributed by atoms with Crippen LogP contribution in [-0.2, 0) is 24.7 Å². The number of benzene rings is 1. The second kappa shape index (κ2) is 6.52. The van der Waals surface area contributed by atoms with Crippen molar-refractivity contribution in [3.63, 3.8) is 0 Å². The maximum absolute atomic E-state index is 11.8. The maximum atomic E-state index is 11.8. The molecule has 5 N–H and O–H groups in total. The van der Waals surface area contributed by atoms with Crippen LogP contribution in [0.4, 0.5) is 5.69 Å². The molecule has 1 aromatic carbocycles. The van der Waals surface area contributed by atoms with Crippen molar-refractivity contribution in [1.82, 2.24) is 0 Å². The first-order chi connectivity index (χ1) is 9.50. The van der Waals surface area contributed by atoms with Gasteiger partial charge in [0, 0.05) is 6.26 Å². The number of anilines is 1. The number of primary sulfonamides is 1. The number of hydrogen-bond donors (Lipinski definition) is 3. The summed E-state index contributed by atoms with van der Waals surface area (Å²) in [6, 6.07) is 4.51.